The number of hydrogen-bond acceptors (Lipinski definition) is 5. The van der Waals surface area contributed by atoms with Crippen molar-refractivity contribution >= 4 is 32.6 Å². The third-order valence-electron chi connectivity index (χ3n) is 5.44. The summed E-state index contributed by atoms with van der Waals surface area (Å²) < 4.78 is 13.7. The number of aromatic amines is 1. The van der Waals surface area contributed by atoms with E-state index in [1.54, 1.807) is 18.3 Å². The van der Waals surface area contributed by atoms with Gasteiger partial charge < -0.3 is 4.98 Å². The molecule has 0 bridgehead atoms. The summed E-state index contributed by atoms with van der Waals surface area (Å²) in [7, 11) is 0. The molecule has 1 aromatic carbocycles. The molecule has 5 rings (SSSR count). The fourth-order valence-electron chi connectivity index (χ4n) is 3.94. The molecular weight excluding hydrogens is 397 g/mol. The standard InChI is InChI=1S/C23H20FN5S/c1-13-17(6-4-10-25-13)22-28-20(21-23(29-22)30-12-26-21)7-3-5-16-14(2)27-19-9-8-15(24)11-18(16)19/h4,6,8-12,27H,3,5,7H2,1-2H3. The van der Waals surface area contributed by atoms with Gasteiger partial charge in [-0.15, -0.1) is 11.3 Å². The number of halogens is 1. The maximum atomic E-state index is 13.7. The Morgan fingerprint density at radius 1 is 1.07 bits per heavy atom. The number of aromatic nitrogens is 5. The van der Waals surface area contributed by atoms with E-state index < -0.39 is 0 Å². The number of fused-ring (bicyclic) bond motifs is 2. The van der Waals surface area contributed by atoms with E-state index in [9.17, 15) is 4.39 Å². The zero-order chi connectivity index (χ0) is 20.7. The fourth-order valence-corrected chi connectivity index (χ4v) is 4.62. The second-order valence-corrected chi connectivity index (χ2v) is 8.24. The van der Waals surface area contributed by atoms with Gasteiger partial charge in [-0.25, -0.2) is 19.3 Å². The summed E-state index contributed by atoms with van der Waals surface area (Å²) in [5.41, 5.74) is 8.70. The number of rotatable bonds is 5. The average Bonchev–Trinajstić information content (AvgIpc) is 3.33. The number of nitrogens with zero attached hydrogens (tertiary/aromatic N) is 4. The van der Waals surface area contributed by atoms with E-state index >= 15 is 0 Å². The molecule has 0 amide bonds. The van der Waals surface area contributed by atoms with Crippen LogP contribution in [-0.2, 0) is 12.8 Å². The van der Waals surface area contributed by atoms with Gasteiger partial charge in [0.05, 0.1) is 11.2 Å². The van der Waals surface area contributed by atoms with Crippen LogP contribution in [0.25, 0.3) is 32.6 Å². The van der Waals surface area contributed by atoms with Crippen molar-refractivity contribution < 1.29 is 4.39 Å². The molecule has 7 heteroatoms. The van der Waals surface area contributed by atoms with E-state index in [4.69, 9.17) is 9.97 Å². The summed E-state index contributed by atoms with van der Waals surface area (Å²) in [5, 5.41) is 0.959. The van der Waals surface area contributed by atoms with Crippen LogP contribution < -0.4 is 0 Å². The minimum Gasteiger partial charge on any atom is -0.358 e. The van der Waals surface area contributed by atoms with Crippen molar-refractivity contribution in [1.82, 2.24) is 24.9 Å². The highest BCUT2D eigenvalue weighted by Gasteiger charge is 2.15. The van der Waals surface area contributed by atoms with Gasteiger partial charge in [0.1, 0.15) is 16.2 Å². The largest absolute Gasteiger partial charge is 0.358 e. The number of hydrogen-bond donors (Lipinski definition) is 1. The quantitative estimate of drug-likeness (QED) is 0.406. The highest BCUT2D eigenvalue weighted by Crippen LogP contribution is 2.27. The van der Waals surface area contributed by atoms with Gasteiger partial charge in [0, 0.05) is 34.1 Å². The van der Waals surface area contributed by atoms with Gasteiger partial charge in [0.2, 0.25) is 0 Å². The molecule has 5 nitrogen and oxygen atoms in total. The van der Waals surface area contributed by atoms with E-state index in [1.165, 1.54) is 17.4 Å². The van der Waals surface area contributed by atoms with Crippen LogP contribution in [0, 0.1) is 19.7 Å². The zero-order valence-electron chi connectivity index (χ0n) is 16.7. The molecule has 0 spiro atoms. The summed E-state index contributed by atoms with van der Waals surface area (Å²) >= 11 is 1.52. The molecule has 0 atom stereocenters. The number of nitrogens with one attached hydrogen (secondary N) is 1. The number of pyridine rings is 1. The van der Waals surface area contributed by atoms with Crippen molar-refractivity contribution in [3.63, 3.8) is 0 Å². The van der Waals surface area contributed by atoms with Crippen LogP contribution in [0.1, 0.15) is 29.1 Å². The van der Waals surface area contributed by atoms with Gasteiger partial charge in [0.25, 0.3) is 0 Å². The van der Waals surface area contributed by atoms with E-state index in [0.29, 0.717) is 5.82 Å². The third-order valence-corrected chi connectivity index (χ3v) is 6.16. The SMILES string of the molecule is Cc1ncccc1-c1nc(CCCc2c(C)[nH]c3ccc(F)cc23)c2ncsc2n1. The molecule has 30 heavy (non-hydrogen) atoms. The molecule has 0 saturated heterocycles. The summed E-state index contributed by atoms with van der Waals surface area (Å²) in [5.74, 6) is 0.483. The van der Waals surface area contributed by atoms with Crippen LogP contribution in [-0.4, -0.2) is 24.9 Å². The fraction of sp³-hybridized carbons (Fsp3) is 0.217. The van der Waals surface area contributed by atoms with Crippen LogP contribution in [0.4, 0.5) is 4.39 Å². The zero-order valence-corrected chi connectivity index (χ0v) is 17.6. The van der Waals surface area contributed by atoms with Gasteiger partial charge >= 0.3 is 0 Å². The van der Waals surface area contributed by atoms with Crippen molar-refractivity contribution in [2.75, 3.05) is 0 Å². The van der Waals surface area contributed by atoms with Crippen molar-refractivity contribution in [3.8, 4) is 11.4 Å². The third kappa shape index (κ3) is 3.35. The first kappa shape index (κ1) is 18.8. The number of aryl methyl sites for hydroxylation is 4. The lowest BCUT2D eigenvalue weighted by molar-refractivity contribution is 0.629. The molecule has 4 aromatic heterocycles. The maximum Gasteiger partial charge on any atom is 0.163 e. The Morgan fingerprint density at radius 2 is 1.97 bits per heavy atom. The topological polar surface area (TPSA) is 67.3 Å². The first-order valence-corrected chi connectivity index (χ1v) is 10.8. The molecular formula is C23H20FN5S. The van der Waals surface area contributed by atoms with Gasteiger partial charge in [-0.1, -0.05) is 0 Å². The van der Waals surface area contributed by atoms with Crippen molar-refractivity contribution in [1.29, 1.82) is 0 Å². The molecule has 4 heterocycles. The lowest BCUT2D eigenvalue weighted by Crippen LogP contribution is -2.00. The maximum absolute atomic E-state index is 13.7. The van der Waals surface area contributed by atoms with E-state index in [0.717, 1.165) is 68.7 Å². The van der Waals surface area contributed by atoms with E-state index in [1.807, 2.05) is 31.5 Å². The lowest BCUT2D eigenvalue weighted by atomic mass is 10.0. The van der Waals surface area contributed by atoms with Crippen LogP contribution >= 0.6 is 11.3 Å². The van der Waals surface area contributed by atoms with E-state index in [2.05, 4.69) is 15.0 Å². The first-order chi connectivity index (χ1) is 14.6. The second kappa shape index (κ2) is 7.57. The van der Waals surface area contributed by atoms with Gasteiger partial charge in [0.15, 0.2) is 5.82 Å². The smallest absolute Gasteiger partial charge is 0.163 e. The van der Waals surface area contributed by atoms with Gasteiger partial charge in [-0.05, 0) is 69.0 Å². The monoisotopic (exact) mass is 417 g/mol. The molecule has 0 aliphatic carbocycles. The summed E-state index contributed by atoms with van der Waals surface area (Å²) in [6.07, 6.45) is 4.28. The molecule has 0 aliphatic heterocycles. The molecule has 0 saturated carbocycles. The Kier molecular flexibility index (Phi) is 4.75. The van der Waals surface area contributed by atoms with Crippen molar-refractivity contribution in [3.05, 3.63) is 70.5 Å². The number of benzene rings is 1. The molecule has 0 fully saturated rings. The van der Waals surface area contributed by atoms with Crippen molar-refractivity contribution in [2.24, 2.45) is 0 Å². The van der Waals surface area contributed by atoms with Crippen LogP contribution in [0.5, 0.6) is 0 Å². The minimum atomic E-state index is -0.209. The Morgan fingerprint density at radius 3 is 2.83 bits per heavy atom. The minimum absolute atomic E-state index is 0.209. The van der Waals surface area contributed by atoms with Crippen LogP contribution in [0.3, 0.4) is 0 Å². The highest BCUT2D eigenvalue weighted by atomic mass is 32.1. The second-order valence-electron chi connectivity index (χ2n) is 7.41. The molecule has 5 aromatic rings. The first-order valence-electron chi connectivity index (χ1n) is 9.89. The number of thiazole rings is 1. The molecule has 0 aliphatic rings. The molecule has 0 unspecified atom stereocenters. The normalized spacial score (nSPS) is 11.6. The van der Waals surface area contributed by atoms with E-state index in [-0.39, 0.29) is 5.82 Å². The van der Waals surface area contributed by atoms with Gasteiger partial charge in [-0.3, -0.25) is 4.98 Å². The Bertz CT molecular complexity index is 1370. The Labute approximate surface area is 177 Å². The molecule has 0 radical (unpaired) electrons. The number of H-pyrrole nitrogens is 1. The van der Waals surface area contributed by atoms with Crippen LogP contribution in [0.15, 0.2) is 42.0 Å². The van der Waals surface area contributed by atoms with Crippen molar-refractivity contribution in [2.45, 2.75) is 33.1 Å². The summed E-state index contributed by atoms with van der Waals surface area (Å²) in [6, 6.07) is 8.80. The average molecular weight is 418 g/mol. The summed E-state index contributed by atoms with van der Waals surface area (Å²) in [4.78, 5) is 22.7. The Hall–Kier alpha value is -3.19. The predicted molar refractivity (Wildman–Crippen MR) is 118 cm³/mol. The highest BCUT2D eigenvalue weighted by molar-refractivity contribution is 7.16. The van der Waals surface area contributed by atoms with Crippen LogP contribution in [0.2, 0.25) is 0 Å². The molecule has 150 valence electrons. The molecule has 1 N–H and O–H groups in total. The Balaban J connectivity index is 1.45. The predicted octanol–water partition coefficient (Wildman–Crippen LogP) is 5.56. The van der Waals surface area contributed by atoms with Gasteiger partial charge in [-0.2, -0.15) is 0 Å². The lowest BCUT2D eigenvalue weighted by Gasteiger charge is -2.08. The summed E-state index contributed by atoms with van der Waals surface area (Å²) in [6.45, 7) is 4.01.